The van der Waals surface area contributed by atoms with Crippen LogP contribution in [0.4, 0.5) is 5.82 Å². The highest BCUT2D eigenvalue weighted by atomic mass is 16.3. The van der Waals surface area contributed by atoms with Gasteiger partial charge in [-0.15, -0.1) is 10.2 Å². The summed E-state index contributed by atoms with van der Waals surface area (Å²) in [4.78, 5) is 16.2. The summed E-state index contributed by atoms with van der Waals surface area (Å²) < 4.78 is 5.19. The smallest absolute Gasteiger partial charge is 0.289 e. The van der Waals surface area contributed by atoms with Gasteiger partial charge in [-0.2, -0.15) is 0 Å². The fourth-order valence-electron chi connectivity index (χ4n) is 2.95. The van der Waals surface area contributed by atoms with E-state index in [-0.39, 0.29) is 5.91 Å². The number of anilines is 1. The zero-order chi connectivity index (χ0) is 17.1. The lowest BCUT2D eigenvalue weighted by Crippen LogP contribution is -2.49. The Labute approximate surface area is 145 Å². The molecular weight excluding hydrogens is 316 g/mol. The highest BCUT2D eigenvalue weighted by molar-refractivity contribution is 5.91. The minimum Gasteiger partial charge on any atom is -0.459 e. The molecule has 3 aromatic rings. The highest BCUT2D eigenvalue weighted by Crippen LogP contribution is 2.19. The quantitative estimate of drug-likeness (QED) is 0.737. The first kappa shape index (κ1) is 15.4. The molecule has 0 aliphatic carbocycles. The summed E-state index contributed by atoms with van der Waals surface area (Å²) in [7, 11) is 0. The van der Waals surface area contributed by atoms with Crippen molar-refractivity contribution >= 4 is 11.7 Å². The van der Waals surface area contributed by atoms with Crippen LogP contribution in [0.1, 0.15) is 10.6 Å². The summed E-state index contributed by atoms with van der Waals surface area (Å²) in [5.41, 5.74) is 1.91. The fourth-order valence-corrected chi connectivity index (χ4v) is 2.95. The van der Waals surface area contributed by atoms with Crippen LogP contribution in [0.5, 0.6) is 0 Å². The first-order valence-corrected chi connectivity index (χ1v) is 8.28. The largest absolute Gasteiger partial charge is 0.459 e. The van der Waals surface area contributed by atoms with Gasteiger partial charge in [0.15, 0.2) is 11.6 Å². The molecule has 126 valence electrons. The van der Waals surface area contributed by atoms with Gasteiger partial charge in [0.2, 0.25) is 0 Å². The maximum absolute atomic E-state index is 12.3. The SMILES string of the molecule is O=C(c1ccco1)N1CCN(c2ccc(-c3ccccc3)nn2)CC1. The van der Waals surface area contributed by atoms with Crippen molar-refractivity contribution in [2.75, 3.05) is 31.1 Å². The normalized spacial score (nSPS) is 14.6. The van der Waals surface area contributed by atoms with Crippen LogP contribution in [0.3, 0.4) is 0 Å². The number of carbonyl (C=O) groups is 1. The van der Waals surface area contributed by atoms with E-state index in [4.69, 9.17) is 4.42 Å². The predicted molar refractivity (Wildman–Crippen MR) is 94.3 cm³/mol. The predicted octanol–water partition coefficient (Wildman–Crippen LogP) is 2.70. The Morgan fingerprint density at radius 2 is 1.68 bits per heavy atom. The molecule has 1 aliphatic heterocycles. The molecule has 0 atom stereocenters. The summed E-state index contributed by atoms with van der Waals surface area (Å²) in [6, 6.07) is 17.4. The van der Waals surface area contributed by atoms with Crippen LogP contribution in [0, 0.1) is 0 Å². The number of nitrogens with zero attached hydrogens (tertiary/aromatic N) is 4. The molecule has 0 saturated carbocycles. The van der Waals surface area contributed by atoms with Crippen molar-refractivity contribution in [3.8, 4) is 11.3 Å². The average molecular weight is 334 g/mol. The van der Waals surface area contributed by atoms with Crippen LogP contribution in [0.15, 0.2) is 65.3 Å². The molecule has 4 rings (SSSR count). The second-order valence-corrected chi connectivity index (χ2v) is 5.90. The third-order valence-electron chi connectivity index (χ3n) is 4.34. The van der Waals surface area contributed by atoms with E-state index in [0.717, 1.165) is 30.2 Å². The summed E-state index contributed by atoms with van der Waals surface area (Å²) in [5.74, 6) is 1.17. The number of benzene rings is 1. The number of piperazine rings is 1. The van der Waals surface area contributed by atoms with Crippen LogP contribution >= 0.6 is 0 Å². The molecule has 1 amide bonds. The Morgan fingerprint density at radius 1 is 0.880 bits per heavy atom. The molecule has 0 radical (unpaired) electrons. The lowest BCUT2D eigenvalue weighted by molar-refractivity contribution is 0.0714. The molecule has 6 heteroatoms. The lowest BCUT2D eigenvalue weighted by Gasteiger charge is -2.34. The molecule has 1 fully saturated rings. The maximum Gasteiger partial charge on any atom is 0.289 e. The first-order chi connectivity index (χ1) is 12.3. The number of furan rings is 1. The van der Waals surface area contributed by atoms with Gasteiger partial charge in [0.25, 0.3) is 5.91 Å². The average Bonchev–Trinajstić information content (AvgIpc) is 3.23. The molecule has 6 nitrogen and oxygen atoms in total. The minimum atomic E-state index is -0.0600. The Balaban J connectivity index is 1.40. The van der Waals surface area contributed by atoms with Crippen molar-refractivity contribution in [3.63, 3.8) is 0 Å². The Hall–Kier alpha value is -3.15. The van der Waals surface area contributed by atoms with Gasteiger partial charge in [-0.1, -0.05) is 30.3 Å². The second-order valence-electron chi connectivity index (χ2n) is 5.90. The molecule has 0 unspecified atom stereocenters. The van der Waals surface area contributed by atoms with Crippen LogP contribution in [0.25, 0.3) is 11.3 Å². The molecule has 0 N–H and O–H groups in total. The Bertz CT molecular complexity index is 824. The van der Waals surface area contributed by atoms with Gasteiger partial charge in [0.05, 0.1) is 12.0 Å². The zero-order valence-corrected chi connectivity index (χ0v) is 13.7. The molecule has 1 aromatic carbocycles. The number of rotatable bonds is 3. The maximum atomic E-state index is 12.3. The van der Waals surface area contributed by atoms with E-state index in [2.05, 4.69) is 15.1 Å². The molecule has 1 saturated heterocycles. The molecule has 0 spiro atoms. The molecule has 25 heavy (non-hydrogen) atoms. The number of hydrogen-bond donors (Lipinski definition) is 0. The van der Waals surface area contributed by atoms with E-state index in [1.807, 2.05) is 42.5 Å². The molecule has 1 aliphatic rings. The number of amides is 1. The third kappa shape index (κ3) is 3.24. The van der Waals surface area contributed by atoms with Crippen molar-refractivity contribution in [1.82, 2.24) is 15.1 Å². The first-order valence-electron chi connectivity index (χ1n) is 8.28. The highest BCUT2D eigenvalue weighted by Gasteiger charge is 2.24. The van der Waals surface area contributed by atoms with Crippen molar-refractivity contribution in [2.45, 2.75) is 0 Å². The van der Waals surface area contributed by atoms with Gasteiger partial charge in [-0.3, -0.25) is 4.79 Å². The fraction of sp³-hybridized carbons (Fsp3) is 0.211. The molecule has 0 bridgehead atoms. The lowest BCUT2D eigenvalue weighted by atomic mass is 10.1. The van der Waals surface area contributed by atoms with E-state index in [0.29, 0.717) is 18.8 Å². The number of carbonyl (C=O) groups excluding carboxylic acids is 1. The van der Waals surface area contributed by atoms with E-state index < -0.39 is 0 Å². The van der Waals surface area contributed by atoms with Gasteiger partial charge in [-0.25, -0.2) is 0 Å². The van der Waals surface area contributed by atoms with Gasteiger partial charge in [-0.05, 0) is 24.3 Å². The Morgan fingerprint density at radius 3 is 2.32 bits per heavy atom. The Kier molecular flexibility index (Phi) is 4.16. The van der Waals surface area contributed by atoms with Gasteiger partial charge < -0.3 is 14.2 Å². The standard InChI is InChI=1S/C19H18N4O2/c24-19(17-7-4-14-25-17)23-12-10-22(11-13-23)18-9-8-16(20-21-18)15-5-2-1-3-6-15/h1-9,14H,10-13H2. The van der Waals surface area contributed by atoms with Gasteiger partial charge >= 0.3 is 0 Å². The number of hydrogen-bond acceptors (Lipinski definition) is 5. The topological polar surface area (TPSA) is 62.5 Å². The van der Waals surface area contributed by atoms with E-state index >= 15 is 0 Å². The second kappa shape index (κ2) is 6.76. The van der Waals surface area contributed by atoms with Gasteiger partial charge in [0.1, 0.15) is 0 Å². The van der Waals surface area contributed by atoms with E-state index in [9.17, 15) is 4.79 Å². The van der Waals surface area contributed by atoms with Crippen molar-refractivity contribution < 1.29 is 9.21 Å². The van der Waals surface area contributed by atoms with E-state index in [1.165, 1.54) is 6.26 Å². The summed E-state index contributed by atoms with van der Waals surface area (Å²) >= 11 is 0. The zero-order valence-electron chi connectivity index (χ0n) is 13.7. The summed E-state index contributed by atoms with van der Waals surface area (Å²) in [6.45, 7) is 2.74. The van der Waals surface area contributed by atoms with Crippen LogP contribution < -0.4 is 4.90 Å². The third-order valence-corrected chi connectivity index (χ3v) is 4.34. The molecule has 2 aromatic heterocycles. The van der Waals surface area contributed by atoms with Crippen LogP contribution in [-0.4, -0.2) is 47.2 Å². The minimum absolute atomic E-state index is 0.0600. The van der Waals surface area contributed by atoms with Crippen LogP contribution in [0.2, 0.25) is 0 Å². The monoisotopic (exact) mass is 334 g/mol. The van der Waals surface area contributed by atoms with Crippen molar-refractivity contribution in [1.29, 1.82) is 0 Å². The van der Waals surface area contributed by atoms with E-state index in [1.54, 1.807) is 17.0 Å². The summed E-state index contributed by atoms with van der Waals surface area (Å²) in [5, 5.41) is 8.68. The van der Waals surface area contributed by atoms with Crippen LogP contribution in [-0.2, 0) is 0 Å². The van der Waals surface area contributed by atoms with Crippen molar-refractivity contribution in [2.24, 2.45) is 0 Å². The molecule has 3 heterocycles. The molecular formula is C19H18N4O2. The summed E-state index contributed by atoms with van der Waals surface area (Å²) in [6.07, 6.45) is 1.52. The number of aromatic nitrogens is 2. The van der Waals surface area contributed by atoms with Crippen molar-refractivity contribution in [3.05, 3.63) is 66.6 Å². The van der Waals surface area contributed by atoms with Gasteiger partial charge in [0, 0.05) is 31.7 Å².